The topological polar surface area (TPSA) is 78.9 Å². The van der Waals surface area contributed by atoms with Crippen molar-refractivity contribution in [3.8, 4) is 0 Å². The first-order chi connectivity index (χ1) is 34.5. The maximum Gasteiger partial charge on any atom is 0.306 e. The predicted octanol–water partition coefficient (Wildman–Crippen LogP) is 20.6. The van der Waals surface area contributed by atoms with E-state index in [4.69, 9.17) is 14.2 Å². The number of unbranched alkanes of at least 4 members (excludes halogenated alkanes) is 37. The van der Waals surface area contributed by atoms with Crippen LogP contribution in [-0.2, 0) is 28.6 Å². The van der Waals surface area contributed by atoms with Gasteiger partial charge in [0.05, 0.1) is 0 Å². The Hall–Kier alpha value is -2.63. The minimum Gasteiger partial charge on any atom is -0.462 e. The molecule has 0 aliphatic heterocycles. The van der Waals surface area contributed by atoms with Crippen molar-refractivity contribution in [2.75, 3.05) is 13.2 Å². The molecule has 0 aromatic heterocycles. The highest BCUT2D eigenvalue weighted by atomic mass is 16.6. The molecule has 0 aliphatic rings. The summed E-state index contributed by atoms with van der Waals surface area (Å²) in [5.41, 5.74) is 0. The molecule has 0 amide bonds. The van der Waals surface area contributed by atoms with E-state index in [0.717, 1.165) is 83.5 Å². The molecule has 0 unspecified atom stereocenters. The first-order valence-corrected chi connectivity index (χ1v) is 30.6. The number of hydrogen-bond acceptors (Lipinski definition) is 6. The molecule has 0 aliphatic carbocycles. The van der Waals surface area contributed by atoms with Gasteiger partial charge in [-0.2, -0.15) is 0 Å². The zero-order valence-corrected chi connectivity index (χ0v) is 46.8. The maximum absolute atomic E-state index is 12.9. The van der Waals surface area contributed by atoms with Crippen LogP contribution in [0.25, 0.3) is 0 Å². The van der Waals surface area contributed by atoms with Gasteiger partial charge in [0.25, 0.3) is 0 Å². The van der Waals surface area contributed by atoms with Crippen LogP contribution in [0, 0.1) is 0 Å². The van der Waals surface area contributed by atoms with E-state index in [2.05, 4.69) is 69.4 Å². The zero-order chi connectivity index (χ0) is 50.7. The van der Waals surface area contributed by atoms with Gasteiger partial charge in [-0.1, -0.05) is 288 Å². The highest BCUT2D eigenvalue weighted by Crippen LogP contribution is 2.17. The summed E-state index contributed by atoms with van der Waals surface area (Å²) in [6, 6.07) is 0. The highest BCUT2D eigenvalue weighted by molar-refractivity contribution is 5.71. The third-order valence-corrected chi connectivity index (χ3v) is 13.6. The Bertz CT molecular complexity index is 1220. The second-order valence-corrected chi connectivity index (χ2v) is 20.6. The van der Waals surface area contributed by atoms with E-state index < -0.39 is 6.10 Å². The minimum absolute atomic E-state index is 0.0789. The summed E-state index contributed by atoms with van der Waals surface area (Å²) in [5.74, 6) is -0.892. The Balaban J connectivity index is 4.34. The van der Waals surface area contributed by atoms with E-state index in [1.165, 1.54) is 199 Å². The van der Waals surface area contributed by atoms with Crippen LogP contribution < -0.4 is 0 Å². The molecular weight excluding hydrogens is 865 g/mol. The van der Waals surface area contributed by atoms with E-state index >= 15 is 0 Å². The van der Waals surface area contributed by atoms with Gasteiger partial charge in [0.15, 0.2) is 6.10 Å². The molecule has 0 heterocycles. The van der Waals surface area contributed by atoms with E-state index in [-0.39, 0.29) is 31.1 Å². The van der Waals surface area contributed by atoms with Gasteiger partial charge in [-0.15, -0.1) is 0 Å². The molecule has 0 bridgehead atoms. The summed E-state index contributed by atoms with van der Waals surface area (Å²) >= 11 is 0. The van der Waals surface area contributed by atoms with Crippen molar-refractivity contribution < 1.29 is 28.6 Å². The lowest BCUT2D eigenvalue weighted by Crippen LogP contribution is -2.30. The fourth-order valence-electron chi connectivity index (χ4n) is 8.96. The van der Waals surface area contributed by atoms with Crippen molar-refractivity contribution >= 4 is 17.9 Å². The van der Waals surface area contributed by atoms with Crippen LogP contribution in [-0.4, -0.2) is 37.2 Å². The number of rotatable bonds is 56. The van der Waals surface area contributed by atoms with Gasteiger partial charge in [0.1, 0.15) is 13.2 Å². The fraction of sp³-hybridized carbons (Fsp3) is 0.828. The average Bonchev–Trinajstić information content (AvgIpc) is 3.36. The molecule has 0 saturated heterocycles. The van der Waals surface area contributed by atoms with Gasteiger partial charge < -0.3 is 14.2 Å². The minimum atomic E-state index is -0.783. The second-order valence-electron chi connectivity index (χ2n) is 20.6. The first-order valence-electron chi connectivity index (χ1n) is 30.6. The van der Waals surface area contributed by atoms with Crippen molar-refractivity contribution in [2.45, 2.75) is 329 Å². The number of allylic oxidation sites excluding steroid dienone is 8. The molecule has 1 atom stereocenters. The van der Waals surface area contributed by atoms with Gasteiger partial charge in [0.2, 0.25) is 0 Å². The summed E-state index contributed by atoms with van der Waals surface area (Å²) in [5, 5.41) is 0. The molecule has 70 heavy (non-hydrogen) atoms. The third kappa shape index (κ3) is 56.3. The maximum atomic E-state index is 12.9. The molecule has 0 rings (SSSR count). The number of hydrogen-bond donors (Lipinski definition) is 0. The molecule has 0 fully saturated rings. The monoisotopic (exact) mass is 981 g/mol. The van der Waals surface area contributed by atoms with Crippen LogP contribution in [0.4, 0.5) is 0 Å². The molecule has 0 spiro atoms. The van der Waals surface area contributed by atoms with E-state index in [1.807, 2.05) is 0 Å². The van der Waals surface area contributed by atoms with Crippen LogP contribution in [0.3, 0.4) is 0 Å². The van der Waals surface area contributed by atoms with Crippen LogP contribution in [0.2, 0.25) is 0 Å². The third-order valence-electron chi connectivity index (χ3n) is 13.6. The lowest BCUT2D eigenvalue weighted by Gasteiger charge is -2.18. The first kappa shape index (κ1) is 67.4. The van der Waals surface area contributed by atoms with Crippen molar-refractivity contribution in [2.24, 2.45) is 0 Å². The van der Waals surface area contributed by atoms with Crippen LogP contribution >= 0.6 is 0 Å². The van der Waals surface area contributed by atoms with Crippen molar-refractivity contribution in [1.82, 2.24) is 0 Å². The molecule has 6 nitrogen and oxygen atoms in total. The lowest BCUT2D eigenvalue weighted by atomic mass is 10.0. The molecule has 0 N–H and O–H groups in total. The van der Waals surface area contributed by atoms with Gasteiger partial charge in [-0.05, 0) is 64.2 Å². The SMILES string of the molecule is CCCCC/C=C\C/C=C\C/C=C\C/C=C\CCCCCC(=O)OC[C@H](COC(=O)CCCCCCCCCCCCCC)OC(=O)CCCCCCCCCCCCCCCCCCCCCCC. The van der Waals surface area contributed by atoms with Crippen LogP contribution in [0.15, 0.2) is 48.6 Å². The van der Waals surface area contributed by atoms with Gasteiger partial charge in [-0.25, -0.2) is 0 Å². The zero-order valence-electron chi connectivity index (χ0n) is 46.8. The Morgan fingerprint density at radius 2 is 0.514 bits per heavy atom. The lowest BCUT2D eigenvalue weighted by molar-refractivity contribution is -0.167. The summed E-state index contributed by atoms with van der Waals surface area (Å²) in [6.07, 6.45) is 72.5. The summed E-state index contributed by atoms with van der Waals surface area (Å²) in [6.45, 7) is 6.63. The van der Waals surface area contributed by atoms with Crippen molar-refractivity contribution in [3.05, 3.63) is 48.6 Å². The summed E-state index contributed by atoms with van der Waals surface area (Å²) in [4.78, 5) is 38.2. The second kappa shape index (κ2) is 58.9. The molecule has 6 heteroatoms. The normalized spacial score (nSPS) is 12.3. The summed E-state index contributed by atoms with van der Waals surface area (Å²) in [7, 11) is 0. The largest absolute Gasteiger partial charge is 0.462 e. The van der Waals surface area contributed by atoms with Gasteiger partial charge >= 0.3 is 17.9 Å². The van der Waals surface area contributed by atoms with Crippen LogP contribution in [0.1, 0.15) is 323 Å². The summed E-state index contributed by atoms with van der Waals surface area (Å²) < 4.78 is 16.9. The van der Waals surface area contributed by atoms with Gasteiger partial charge in [-0.3, -0.25) is 14.4 Å². The Kier molecular flexibility index (Phi) is 56.7. The number of carbonyl (C=O) groups is 3. The Morgan fingerprint density at radius 3 is 0.829 bits per heavy atom. The molecule has 408 valence electrons. The van der Waals surface area contributed by atoms with Gasteiger partial charge in [0, 0.05) is 19.3 Å². The fourth-order valence-corrected chi connectivity index (χ4v) is 8.96. The molecular formula is C64H116O6. The molecule has 0 saturated carbocycles. The number of esters is 3. The highest BCUT2D eigenvalue weighted by Gasteiger charge is 2.19. The van der Waals surface area contributed by atoms with Crippen molar-refractivity contribution in [3.63, 3.8) is 0 Å². The molecule has 0 radical (unpaired) electrons. The van der Waals surface area contributed by atoms with Crippen molar-refractivity contribution in [1.29, 1.82) is 0 Å². The molecule has 0 aromatic rings. The quantitative estimate of drug-likeness (QED) is 0.0261. The molecule has 0 aromatic carbocycles. The Morgan fingerprint density at radius 1 is 0.286 bits per heavy atom. The van der Waals surface area contributed by atoms with E-state index in [0.29, 0.717) is 19.3 Å². The Labute approximate surface area is 435 Å². The number of carbonyl (C=O) groups excluding carboxylic acids is 3. The predicted molar refractivity (Wildman–Crippen MR) is 302 cm³/mol. The number of ether oxygens (including phenoxy) is 3. The average molecular weight is 982 g/mol. The standard InChI is InChI=1S/C64H116O6/c1-4-7-10-13-16-19-22-25-27-29-31-32-34-36-38-40-43-46-49-52-55-58-64(67)70-61(59-68-62(65)56-53-50-47-44-41-24-21-18-15-12-9-6-3)60-69-63(66)57-54-51-48-45-42-39-37-35-33-30-28-26-23-20-17-14-11-8-5-2/h17,20,26,28,33,35,39,42,61H,4-16,18-19,21-25,27,29-32,34,36-38,40-41,43-60H2,1-3H3/b20-17-,28-26-,35-33-,42-39-/t61-/m0/s1. The van der Waals surface area contributed by atoms with Crippen LogP contribution in [0.5, 0.6) is 0 Å². The van der Waals surface area contributed by atoms with E-state index in [9.17, 15) is 14.4 Å². The van der Waals surface area contributed by atoms with E-state index in [1.54, 1.807) is 0 Å². The smallest absolute Gasteiger partial charge is 0.306 e.